The van der Waals surface area contributed by atoms with Crippen molar-refractivity contribution in [3.05, 3.63) is 154 Å². The van der Waals surface area contributed by atoms with Crippen molar-refractivity contribution in [3.8, 4) is 34.5 Å². The standard InChI is InChI=1S/C46H32F6N2O10/c47-45(48,49)43(63)53(27-9-3-23(4-10-27)1-7-25-21-29(55)13-17-33(25)57)31-15-19-35(59)39-37(31)41(61)40-36(60)20-16-32(38(40)42(39)62)54(44(64)46(50,51)52)28-11-5-24(6-12-28)2-8-26-22-30(56)14-18-34(26)58/h3-6,9-22,55-60H,1-2,7-8H2. The molecule has 18 heteroatoms. The Hall–Kier alpha value is -8.02. The van der Waals surface area contributed by atoms with Gasteiger partial charge in [-0.15, -0.1) is 0 Å². The molecule has 0 aliphatic heterocycles. The molecule has 7 rings (SSSR count). The number of hydrogen-bond donors (Lipinski definition) is 6. The third-order valence-electron chi connectivity index (χ3n) is 10.5. The van der Waals surface area contributed by atoms with E-state index in [9.17, 15) is 76.2 Å². The minimum atomic E-state index is -5.62. The second-order valence-corrected chi connectivity index (χ2v) is 14.6. The number of fused-ring (bicyclic) bond motifs is 2. The van der Waals surface area contributed by atoms with Gasteiger partial charge in [-0.25, -0.2) is 0 Å². The summed E-state index contributed by atoms with van der Waals surface area (Å²) in [5.41, 5.74) is -5.26. The van der Waals surface area contributed by atoms with Crippen molar-refractivity contribution in [2.24, 2.45) is 0 Å². The third-order valence-corrected chi connectivity index (χ3v) is 10.5. The largest absolute Gasteiger partial charge is 0.508 e. The monoisotopic (exact) mass is 886 g/mol. The molecule has 0 unspecified atom stereocenters. The zero-order valence-electron chi connectivity index (χ0n) is 32.7. The Morgan fingerprint density at radius 2 is 0.750 bits per heavy atom. The van der Waals surface area contributed by atoms with Crippen molar-refractivity contribution < 1.29 is 76.2 Å². The maximum atomic E-state index is 14.5. The second-order valence-electron chi connectivity index (χ2n) is 14.6. The van der Waals surface area contributed by atoms with Crippen LogP contribution < -0.4 is 9.80 Å². The molecule has 12 nitrogen and oxygen atoms in total. The number of amides is 2. The highest BCUT2D eigenvalue weighted by atomic mass is 19.4. The molecular weight excluding hydrogens is 854 g/mol. The van der Waals surface area contributed by atoms with E-state index in [1.807, 2.05) is 0 Å². The van der Waals surface area contributed by atoms with Gasteiger partial charge in [0.25, 0.3) is 0 Å². The number of aromatic hydroxyl groups is 6. The Balaban J connectivity index is 1.30. The van der Waals surface area contributed by atoms with Gasteiger partial charge in [-0.05, 0) is 133 Å². The lowest BCUT2D eigenvalue weighted by Gasteiger charge is -2.31. The van der Waals surface area contributed by atoms with Gasteiger partial charge in [0.2, 0.25) is 11.6 Å². The van der Waals surface area contributed by atoms with Crippen LogP contribution in [0.15, 0.2) is 109 Å². The number of carbonyl (C=O) groups excluding carboxylic acids is 4. The number of nitrogens with zero attached hydrogens (tertiary/aromatic N) is 2. The first kappa shape index (κ1) is 44.0. The molecule has 1 aliphatic carbocycles. The smallest absolute Gasteiger partial charge is 0.472 e. The zero-order chi connectivity index (χ0) is 46.4. The first-order valence-electron chi connectivity index (χ1n) is 19.0. The summed E-state index contributed by atoms with van der Waals surface area (Å²) < 4.78 is 86.1. The number of aryl methyl sites for hydroxylation is 4. The zero-order valence-corrected chi connectivity index (χ0v) is 32.7. The normalized spacial score (nSPS) is 12.4. The summed E-state index contributed by atoms with van der Waals surface area (Å²) >= 11 is 0. The second kappa shape index (κ2) is 16.7. The maximum absolute atomic E-state index is 14.5. The quantitative estimate of drug-likeness (QED) is 0.0571. The molecule has 0 bridgehead atoms. The Morgan fingerprint density at radius 3 is 1.08 bits per heavy atom. The van der Waals surface area contributed by atoms with Crippen LogP contribution in [0.5, 0.6) is 34.5 Å². The molecule has 328 valence electrons. The van der Waals surface area contributed by atoms with Crippen molar-refractivity contribution in [2.45, 2.75) is 38.0 Å². The van der Waals surface area contributed by atoms with E-state index in [-0.39, 0.29) is 58.5 Å². The van der Waals surface area contributed by atoms with E-state index in [0.717, 1.165) is 36.4 Å². The van der Waals surface area contributed by atoms with Crippen molar-refractivity contribution in [1.82, 2.24) is 0 Å². The Kier molecular flexibility index (Phi) is 11.5. The van der Waals surface area contributed by atoms with Crippen molar-refractivity contribution >= 4 is 46.1 Å². The van der Waals surface area contributed by atoms with Crippen molar-refractivity contribution in [2.75, 3.05) is 9.80 Å². The highest BCUT2D eigenvalue weighted by Gasteiger charge is 2.49. The number of phenols is 6. The van der Waals surface area contributed by atoms with Crippen LogP contribution in [0.2, 0.25) is 0 Å². The van der Waals surface area contributed by atoms with E-state index in [2.05, 4.69) is 0 Å². The lowest BCUT2D eigenvalue weighted by molar-refractivity contribution is -0.169. The highest BCUT2D eigenvalue weighted by molar-refractivity contribution is 6.35. The third kappa shape index (κ3) is 8.44. The Bertz CT molecular complexity index is 2670. The van der Waals surface area contributed by atoms with Crippen LogP contribution in [0.1, 0.15) is 54.1 Å². The number of ketones is 2. The van der Waals surface area contributed by atoms with Gasteiger partial charge in [-0.1, -0.05) is 24.3 Å². The van der Waals surface area contributed by atoms with E-state index < -0.39 is 92.2 Å². The van der Waals surface area contributed by atoms with Crippen molar-refractivity contribution in [1.29, 1.82) is 0 Å². The van der Waals surface area contributed by atoms with Gasteiger partial charge in [0, 0.05) is 11.4 Å². The molecular formula is C46H32F6N2O10. The Labute approximate surface area is 357 Å². The van der Waals surface area contributed by atoms with Crippen molar-refractivity contribution in [3.63, 3.8) is 0 Å². The molecule has 0 radical (unpaired) electrons. The lowest BCUT2D eigenvalue weighted by atomic mass is 9.80. The van der Waals surface area contributed by atoms with Crippen LogP contribution in [-0.2, 0) is 35.3 Å². The van der Waals surface area contributed by atoms with E-state index in [1.165, 1.54) is 60.7 Å². The fourth-order valence-corrected chi connectivity index (χ4v) is 7.41. The number of phenolic OH excluding ortho intramolecular Hbond substituents is 6. The molecule has 6 aromatic carbocycles. The van der Waals surface area contributed by atoms with Crippen LogP contribution in [-0.4, -0.2) is 66.4 Å². The van der Waals surface area contributed by atoms with Crippen LogP contribution >= 0.6 is 0 Å². The van der Waals surface area contributed by atoms with Crippen LogP contribution in [0.4, 0.5) is 49.1 Å². The predicted molar refractivity (Wildman–Crippen MR) is 217 cm³/mol. The van der Waals surface area contributed by atoms with Gasteiger partial charge in [0.15, 0.2) is 0 Å². The number of anilines is 4. The number of halogens is 6. The lowest BCUT2D eigenvalue weighted by Crippen LogP contribution is -2.40. The van der Waals surface area contributed by atoms with E-state index >= 15 is 0 Å². The topological polar surface area (TPSA) is 196 Å². The number of benzene rings is 6. The first-order valence-corrected chi connectivity index (χ1v) is 19.0. The molecule has 6 N–H and O–H groups in total. The first-order chi connectivity index (χ1) is 30.1. The minimum Gasteiger partial charge on any atom is -0.508 e. The van der Waals surface area contributed by atoms with Gasteiger partial charge in [-0.3, -0.25) is 29.0 Å². The summed E-state index contributed by atoms with van der Waals surface area (Å²) in [5.74, 6) is -10.7. The average molecular weight is 887 g/mol. The van der Waals surface area contributed by atoms with Crippen LogP contribution in [0, 0.1) is 0 Å². The molecule has 2 amide bonds. The molecule has 64 heavy (non-hydrogen) atoms. The van der Waals surface area contributed by atoms with Gasteiger partial charge in [-0.2, -0.15) is 26.3 Å². The summed E-state index contributed by atoms with van der Waals surface area (Å²) in [6.07, 6.45) is -10.5. The molecule has 1 aliphatic rings. The predicted octanol–water partition coefficient (Wildman–Crippen LogP) is 8.72. The molecule has 0 aromatic heterocycles. The van der Waals surface area contributed by atoms with E-state index in [1.54, 1.807) is 0 Å². The SMILES string of the molecule is O=C1c2c(O)ccc(N(C(=O)C(F)(F)F)c3ccc(CCc4cc(O)ccc4O)cc3)c2C(=O)c2c(O)ccc(N(C(=O)C(F)(F)F)c3ccc(CCc4cc(O)ccc4O)cc3)c21. The average Bonchev–Trinajstić information content (AvgIpc) is 3.24. The number of carbonyl (C=O) groups is 4. The van der Waals surface area contributed by atoms with Gasteiger partial charge in [0.05, 0.1) is 33.6 Å². The molecule has 0 saturated carbocycles. The highest BCUT2D eigenvalue weighted by Crippen LogP contribution is 2.47. The van der Waals surface area contributed by atoms with Crippen LogP contribution in [0.3, 0.4) is 0 Å². The van der Waals surface area contributed by atoms with Gasteiger partial charge >= 0.3 is 24.2 Å². The summed E-state index contributed by atoms with van der Waals surface area (Å²) in [4.78, 5) is 55.5. The molecule has 6 aromatic rings. The number of hydrogen-bond acceptors (Lipinski definition) is 10. The molecule has 0 spiro atoms. The number of alkyl halides is 6. The molecule has 0 atom stereocenters. The summed E-state index contributed by atoms with van der Waals surface area (Å²) in [6, 6.07) is 20.2. The summed E-state index contributed by atoms with van der Waals surface area (Å²) in [5, 5.41) is 61.9. The minimum absolute atomic E-state index is 0.0447. The summed E-state index contributed by atoms with van der Waals surface area (Å²) in [6.45, 7) is 0. The Morgan fingerprint density at radius 1 is 0.422 bits per heavy atom. The van der Waals surface area contributed by atoms with E-state index in [4.69, 9.17) is 0 Å². The van der Waals surface area contributed by atoms with Crippen LogP contribution in [0.25, 0.3) is 0 Å². The molecule has 0 heterocycles. The van der Waals surface area contributed by atoms with E-state index in [0.29, 0.717) is 34.4 Å². The molecule has 0 saturated heterocycles. The van der Waals surface area contributed by atoms with Gasteiger partial charge in [0.1, 0.15) is 34.5 Å². The fourth-order valence-electron chi connectivity index (χ4n) is 7.41. The van der Waals surface area contributed by atoms with Gasteiger partial charge < -0.3 is 30.6 Å². The summed E-state index contributed by atoms with van der Waals surface area (Å²) in [7, 11) is 0. The molecule has 0 fully saturated rings. The number of rotatable bonds is 10. The maximum Gasteiger partial charge on any atom is 0.472 e. The fraction of sp³-hybridized carbons (Fsp3) is 0.130.